The highest BCUT2D eigenvalue weighted by Gasteiger charge is 2.17. The average molecular weight is 454 g/mol. The molecule has 1 atom stereocenters. The molecule has 3 rings (SSSR count). The van der Waals surface area contributed by atoms with Crippen LogP contribution in [-0.2, 0) is 16.1 Å². The average Bonchev–Trinajstić information content (AvgIpc) is 2.79. The molecule has 0 bridgehead atoms. The molecule has 0 aliphatic heterocycles. The SMILES string of the molecule is COc1ccc(C)cc1NC(=O)c1ccc(OC(C)C(=O)OCc2ccccc2Cl)cc1. The largest absolute Gasteiger partial charge is 0.495 e. The van der Waals surface area contributed by atoms with Crippen molar-refractivity contribution in [2.75, 3.05) is 12.4 Å². The van der Waals surface area contributed by atoms with E-state index in [4.69, 9.17) is 25.8 Å². The van der Waals surface area contributed by atoms with Gasteiger partial charge in [-0.25, -0.2) is 4.79 Å². The number of ether oxygens (including phenoxy) is 3. The van der Waals surface area contributed by atoms with Crippen molar-refractivity contribution < 1.29 is 23.8 Å². The number of amides is 1. The van der Waals surface area contributed by atoms with Gasteiger partial charge in [-0.1, -0.05) is 35.9 Å². The first-order valence-electron chi connectivity index (χ1n) is 10.00. The third-order valence-electron chi connectivity index (χ3n) is 4.69. The first-order chi connectivity index (χ1) is 15.4. The van der Waals surface area contributed by atoms with Crippen molar-refractivity contribution in [3.05, 3.63) is 88.4 Å². The summed E-state index contributed by atoms with van der Waals surface area (Å²) in [6.45, 7) is 3.59. The van der Waals surface area contributed by atoms with E-state index < -0.39 is 12.1 Å². The van der Waals surface area contributed by atoms with Gasteiger partial charge in [-0.15, -0.1) is 0 Å². The van der Waals surface area contributed by atoms with Gasteiger partial charge in [-0.2, -0.15) is 0 Å². The second kappa shape index (κ2) is 10.7. The highest BCUT2D eigenvalue weighted by molar-refractivity contribution is 6.31. The van der Waals surface area contributed by atoms with E-state index in [9.17, 15) is 9.59 Å². The van der Waals surface area contributed by atoms with Crippen molar-refractivity contribution >= 4 is 29.2 Å². The lowest BCUT2D eigenvalue weighted by atomic mass is 10.1. The summed E-state index contributed by atoms with van der Waals surface area (Å²) in [7, 11) is 1.55. The fourth-order valence-corrected chi connectivity index (χ4v) is 3.12. The lowest BCUT2D eigenvalue weighted by Gasteiger charge is -2.15. The number of carbonyl (C=O) groups is 2. The van der Waals surface area contributed by atoms with Gasteiger partial charge in [0.25, 0.3) is 5.91 Å². The second-order valence-electron chi connectivity index (χ2n) is 7.14. The maximum absolute atomic E-state index is 12.6. The Kier molecular flexibility index (Phi) is 7.73. The molecule has 0 spiro atoms. The Labute approximate surface area is 192 Å². The summed E-state index contributed by atoms with van der Waals surface area (Å²) in [5, 5.41) is 3.38. The van der Waals surface area contributed by atoms with E-state index >= 15 is 0 Å². The zero-order valence-corrected chi connectivity index (χ0v) is 18.8. The molecule has 1 unspecified atom stereocenters. The molecule has 3 aromatic carbocycles. The molecule has 166 valence electrons. The molecule has 0 aliphatic rings. The number of benzene rings is 3. The first-order valence-corrected chi connectivity index (χ1v) is 10.4. The summed E-state index contributed by atoms with van der Waals surface area (Å²) in [6.07, 6.45) is -0.825. The number of halogens is 1. The highest BCUT2D eigenvalue weighted by atomic mass is 35.5. The normalized spacial score (nSPS) is 11.4. The van der Waals surface area contributed by atoms with Crippen LogP contribution in [-0.4, -0.2) is 25.1 Å². The van der Waals surface area contributed by atoms with Crippen LogP contribution in [0.3, 0.4) is 0 Å². The molecule has 3 aromatic rings. The van der Waals surface area contributed by atoms with Crippen LogP contribution >= 0.6 is 11.6 Å². The van der Waals surface area contributed by atoms with Gasteiger partial charge in [0.05, 0.1) is 12.8 Å². The van der Waals surface area contributed by atoms with E-state index in [0.717, 1.165) is 11.1 Å². The molecule has 1 amide bonds. The van der Waals surface area contributed by atoms with Crippen molar-refractivity contribution in [3.63, 3.8) is 0 Å². The van der Waals surface area contributed by atoms with E-state index in [0.29, 0.717) is 27.8 Å². The highest BCUT2D eigenvalue weighted by Crippen LogP contribution is 2.26. The van der Waals surface area contributed by atoms with Crippen LogP contribution in [0.1, 0.15) is 28.4 Å². The van der Waals surface area contributed by atoms with Crippen molar-refractivity contribution in [3.8, 4) is 11.5 Å². The van der Waals surface area contributed by atoms with E-state index in [2.05, 4.69) is 5.32 Å². The van der Waals surface area contributed by atoms with Gasteiger partial charge >= 0.3 is 5.97 Å². The summed E-state index contributed by atoms with van der Waals surface area (Å²) >= 11 is 6.07. The van der Waals surface area contributed by atoms with Crippen LogP contribution in [0.4, 0.5) is 5.69 Å². The summed E-state index contributed by atoms with van der Waals surface area (Å²) in [6, 6.07) is 19.2. The Balaban J connectivity index is 1.57. The summed E-state index contributed by atoms with van der Waals surface area (Å²) in [5.41, 5.74) is 2.75. The van der Waals surface area contributed by atoms with Gasteiger partial charge in [-0.3, -0.25) is 4.79 Å². The Bertz CT molecular complexity index is 1100. The minimum Gasteiger partial charge on any atom is -0.495 e. The van der Waals surface area contributed by atoms with Gasteiger partial charge in [0.15, 0.2) is 6.10 Å². The Hall–Kier alpha value is -3.51. The molecule has 6 nitrogen and oxygen atoms in total. The lowest BCUT2D eigenvalue weighted by Crippen LogP contribution is -2.26. The molecule has 0 saturated carbocycles. The topological polar surface area (TPSA) is 73.9 Å². The monoisotopic (exact) mass is 453 g/mol. The number of hydrogen-bond donors (Lipinski definition) is 1. The van der Waals surface area contributed by atoms with E-state index in [1.165, 1.54) is 0 Å². The van der Waals surface area contributed by atoms with E-state index in [1.54, 1.807) is 62.6 Å². The summed E-state index contributed by atoms with van der Waals surface area (Å²) in [5.74, 6) is 0.218. The third-order valence-corrected chi connectivity index (χ3v) is 5.06. The van der Waals surface area contributed by atoms with Gasteiger partial charge in [0.2, 0.25) is 0 Å². The number of rotatable bonds is 8. The molecule has 7 heteroatoms. The number of carbonyl (C=O) groups excluding carboxylic acids is 2. The number of esters is 1. The first kappa shape index (κ1) is 23.2. The number of methoxy groups -OCH3 is 1. The molecular formula is C25H24ClNO5. The molecule has 0 heterocycles. The van der Waals surface area contributed by atoms with Gasteiger partial charge in [-0.05, 0) is 61.9 Å². The number of anilines is 1. The van der Waals surface area contributed by atoms with Gasteiger partial charge in [0, 0.05) is 16.1 Å². The van der Waals surface area contributed by atoms with Crippen molar-refractivity contribution in [1.29, 1.82) is 0 Å². The zero-order valence-electron chi connectivity index (χ0n) is 18.1. The number of aryl methyl sites for hydroxylation is 1. The second-order valence-corrected chi connectivity index (χ2v) is 7.55. The molecular weight excluding hydrogens is 430 g/mol. The molecule has 0 aliphatic carbocycles. The van der Waals surface area contributed by atoms with Crippen LogP contribution in [0.5, 0.6) is 11.5 Å². The Morgan fingerprint density at radius 2 is 1.75 bits per heavy atom. The third kappa shape index (κ3) is 6.02. The predicted octanol–water partition coefficient (Wildman–Crippen LogP) is 5.42. The summed E-state index contributed by atoms with van der Waals surface area (Å²) < 4.78 is 16.2. The smallest absolute Gasteiger partial charge is 0.347 e. The standard InChI is InChI=1S/C25H24ClNO5/c1-16-8-13-23(30-3)22(14-16)27-24(28)18-9-11-20(12-10-18)32-17(2)25(29)31-15-19-6-4-5-7-21(19)26/h4-14,17H,15H2,1-3H3,(H,27,28). The Morgan fingerprint density at radius 3 is 2.44 bits per heavy atom. The van der Waals surface area contributed by atoms with Gasteiger partial charge in [0.1, 0.15) is 18.1 Å². The van der Waals surface area contributed by atoms with Crippen molar-refractivity contribution in [2.24, 2.45) is 0 Å². The fourth-order valence-electron chi connectivity index (χ4n) is 2.93. The Morgan fingerprint density at radius 1 is 1.03 bits per heavy atom. The molecule has 0 fully saturated rings. The van der Waals surface area contributed by atoms with Crippen LogP contribution in [0.2, 0.25) is 5.02 Å². The predicted molar refractivity (Wildman–Crippen MR) is 123 cm³/mol. The maximum Gasteiger partial charge on any atom is 0.347 e. The van der Waals surface area contributed by atoms with Crippen LogP contribution < -0.4 is 14.8 Å². The van der Waals surface area contributed by atoms with Crippen LogP contribution in [0, 0.1) is 6.92 Å². The lowest BCUT2D eigenvalue weighted by molar-refractivity contribution is -0.152. The molecule has 0 aromatic heterocycles. The van der Waals surface area contributed by atoms with Crippen LogP contribution in [0.15, 0.2) is 66.7 Å². The number of hydrogen-bond acceptors (Lipinski definition) is 5. The van der Waals surface area contributed by atoms with Crippen LogP contribution in [0.25, 0.3) is 0 Å². The fraction of sp³-hybridized carbons (Fsp3) is 0.200. The molecule has 0 radical (unpaired) electrons. The minimum absolute atomic E-state index is 0.0632. The molecule has 0 saturated heterocycles. The number of nitrogens with one attached hydrogen (secondary N) is 1. The summed E-state index contributed by atoms with van der Waals surface area (Å²) in [4.78, 5) is 24.8. The minimum atomic E-state index is -0.825. The molecule has 1 N–H and O–H groups in total. The maximum atomic E-state index is 12.6. The zero-order chi connectivity index (χ0) is 23.1. The van der Waals surface area contributed by atoms with E-state index in [-0.39, 0.29) is 12.5 Å². The van der Waals surface area contributed by atoms with E-state index in [1.807, 2.05) is 25.1 Å². The quantitative estimate of drug-likeness (QED) is 0.461. The molecule has 32 heavy (non-hydrogen) atoms. The van der Waals surface area contributed by atoms with Crippen molar-refractivity contribution in [1.82, 2.24) is 0 Å². The van der Waals surface area contributed by atoms with Gasteiger partial charge < -0.3 is 19.5 Å². The van der Waals surface area contributed by atoms with Crippen molar-refractivity contribution in [2.45, 2.75) is 26.6 Å².